The fraction of sp³-hybridized carbons (Fsp3) is 0. The first-order valence-corrected chi connectivity index (χ1v) is 4.36. The van der Waals surface area contributed by atoms with E-state index in [1.807, 2.05) is 0 Å². The zero-order valence-corrected chi connectivity index (χ0v) is 7.21. The minimum atomic E-state index is -2.38. The number of carboxylic acid groups (broad SMARTS) is 1. The van der Waals surface area contributed by atoms with Crippen LogP contribution in [-0.4, -0.2) is 19.8 Å². The zero-order valence-electron chi connectivity index (χ0n) is 6.39. The summed E-state index contributed by atoms with van der Waals surface area (Å²) in [6.07, 6.45) is 0. The molecule has 6 heteroatoms. The van der Waals surface area contributed by atoms with Gasteiger partial charge < -0.3 is 14.4 Å². The molecule has 0 radical (unpaired) electrons. The number of anilines is 1. The summed E-state index contributed by atoms with van der Waals surface area (Å²) in [6, 6.07) is 5.38. The molecule has 0 amide bonds. The molecule has 0 spiro atoms. The van der Waals surface area contributed by atoms with Crippen molar-refractivity contribution in [2.75, 3.05) is 4.72 Å². The van der Waals surface area contributed by atoms with E-state index >= 15 is 0 Å². The zero-order chi connectivity index (χ0) is 9.84. The van der Waals surface area contributed by atoms with E-state index in [-0.39, 0.29) is 5.56 Å². The Balaban J connectivity index is 2.81. The molecule has 1 aromatic carbocycles. The van der Waals surface area contributed by atoms with Crippen molar-refractivity contribution >= 4 is 22.9 Å². The smallest absolute Gasteiger partial charge is 0.335 e. The van der Waals surface area contributed by atoms with Gasteiger partial charge in [0.05, 0.1) is 5.56 Å². The Bertz CT molecular complexity index is 335. The fourth-order valence-corrected chi connectivity index (χ4v) is 1.11. The molecule has 0 heterocycles. The third-order valence-electron chi connectivity index (χ3n) is 1.33. The second-order valence-electron chi connectivity index (χ2n) is 2.22. The highest BCUT2D eigenvalue weighted by Gasteiger charge is 2.00. The van der Waals surface area contributed by atoms with Gasteiger partial charge in [-0.15, -0.1) is 0 Å². The van der Waals surface area contributed by atoms with Crippen LogP contribution in [0.3, 0.4) is 0 Å². The van der Waals surface area contributed by atoms with E-state index in [4.69, 9.17) is 5.11 Å². The number of rotatable bonds is 3. The van der Waals surface area contributed by atoms with Crippen molar-refractivity contribution < 1.29 is 18.7 Å². The largest absolute Gasteiger partial charge is 0.755 e. The van der Waals surface area contributed by atoms with Crippen molar-refractivity contribution in [2.24, 2.45) is 0 Å². The highest BCUT2D eigenvalue weighted by Crippen LogP contribution is 2.09. The molecule has 0 saturated carbocycles. The van der Waals surface area contributed by atoms with Gasteiger partial charge in [-0.05, 0) is 24.3 Å². The van der Waals surface area contributed by atoms with Gasteiger partial charge in [0.15, 0.2) is 0 Å². The number of carboxylic acids is 1. The van der Waals surface area contributed by atoms with E-state index in [1.165, 1.54) is 24.3 Å². The number of carbonyl (C=O) groups is 1. The molecular formula is C7H6NO4S-. The Hall–Kier alpha value is -1.40. The molecule has 5 nitrogen and oxygen atoms in total. The Labute approximate surface area is 76.8 Å². The first kappa shape index (κ1) is 9.69. The topological polar surface area (TPSA) is 89.5 Å². The maximum atomic E-state index is 10.4. The number of benzene rings is 1. The van der Waals surface area contributed by atoms with Crippen molar-refractivity contribution in [3.05, 3.63) is 29.8 Å². The van der Waals surface area contributed by atoms with Gasteiger partial charge in [-0.2, -0.15) is 0 Å². The number of hydrogen-bond acceptors (Lipinski definition) is 3. The molecule has 1 atom stereocenters. The van der Waals surface area contributed by atoms with Crippen LogP contribution in [0.1, 0.15) is 10.4 Å². The highest BCUT2D eigenvalue weighted by molar-refractivity contribution is 7.80. The van der Waals surface area contributed by atoms with E-state index < -0.39 is 17.2 Å². The Morgan fingerprint density at radius 3 is 2.31 bits per heavy atom. The van der Waals surface area contributed by atoms with Crippen molar-refractivity contribution in [1.29, 1.82) is 0 Å². The molecule has 2 N–H and O–H groups in total. The normalized spacial score (nSPS) is 12.1. The summed E-state index contributed by atoms with van der Waals surface area (Å²) in [6.45, 7) is 0. The summed E-state index contributed by atoms with van der Waals surface area (Å²) in [5.41, 5.74) is 0.445. The molecular weight excluding hydrogens is 194 g/mol. The molecule has 0 aliphatic carbocycles. The fourth-order valence-electron chi connectivity index (χ4n) is 0.777. The summed E-state index contributed by atoms with van der Waals surface area (Å²) < 4.78 is 22.4. The number of aromatic carboxylic acids is 1. The van der Waals surface area contributed by atoms with Crippen LogP contribution in [0.4, 0.5) is 5.69 Å². The van der Waals surface area contributed by atoms with Gasteiger partial charge in [0.25, 0.3) is 0 Å². The highest BCUT2D eigenvalue weighted by atomic mass is 32.2. The molecule has 1 aromatic rings. The van der Waals surface area contributed by atoms with Crippen LogP contribution in [0.5, 0.6) is 0 Å². The second-order valence-corrected chi connectivity index (χ2v) is 2.89. The molecule has 70 valence electrons. The summed E-state index contributed by atoms with van der Waals surface area (Å²) in [5, 5.41) is 8.52. The van der Waals surface area contributed by atoms with Gasteiger partial charge >= 0.3 is 5.97 Å². The number of hydrogen-bond donors (Lipinski definition) is 2. The average molecular weight is 200 g/mol. The predicted octanol–water partition coefficient (Wildman–Crippen LogP) is 0.591. The molecule has 0 aliphatic rings. The average Bonchev–Trinajstić information content (AvgIpc) is 2.04. The molecule has 13 heavy (non-hydrogen) atoms. The minimum Gasteiger partial charge on any atom is -0.755 e. The summed E-state index contributed by atoms with van der Waals surface area (Å²) in [4.78, 5) is 10.4. The monoisotopic (exact) mass is 200 g/mol. The van der Waals surface area contributed by atoms with Gasteiger partial charge in [-0.3, -0.25) is 4.21 Å². The van der Waals surface area contributed by atoms with Crippen molar-refractivity contribution in [2.45, 2.75) is 0 Å². The molecule has 0 fully saturated rings. The lowest BCUT2D eigenvalue weighted by atomic mass is 10.2. The maximum absolute atomic E-state index is 10.4. The van der Waals surface area contributed by atoms with E-state index in [0.29, 0.717) is 5.69 Å². The SMILES string of the molecule is O=C(O)c1ccc(NS(=O)[O-])cc1. The van der Waals surface area contributed by atoms with Crippen LogP contribution in [0.15, 0.2) is 24.3 Å². The Kier molecular flexibility index (Phi) is 2.99. The van der Waals surface area contributed by atoms with Gasteiger partial charge in [0, 0.05) is 17.0 Å². The second kappa shape index (κ2) is 4.01. The lowest BCUT2D eigenvalue weighted by Crippen LogP contribution is -2.02. The van der Waals surface area contributed by atoms with Crippen LogP contribution in [0.25, 0.3) is 0 Å². The summed E-state index contributed by atoms with van der Waals surface area (Å²) in [5.74, 6) is -1.05. The van der Waals surface area contributed by atoms with Gasteiger partial charge in [0.1, 0.15) is 0 Å². The standard InChI is InChI=1S/C7H7NO4S/c9-7(10)5-1-3-6(4-2-5)8-13(11)12/h1-4,8H,(H,9,10)(H,11,12)/p-1. The molecule has 0 bridgehead atoms. The lowest BCUT2D eigenvalue weighted by Gasteiger charge is -2.07. The molecule has 0 aliphatic heterocycles. The first-order chi connectivity index (χ1) is 6.09. The minimum absolute atomic E-state index is 0.113. The quantitative estimate of drug-likeness (QED) is 0.699. The van der Waals surface area contributed by atoms with Gasteiger partial charge in [-0.25, -0.2) is 4.79 Å². The summed E-state index contributed by atoms with van der Waals surface area (Å²) >= 11 is -2.38. The van der Waals surface area contributed by atoms with Crippen molar-refractivity contribution in [3.63, 3.8) is 0 Å². The van der Waals surface area contributed by atoms with Crippen molar-refractivity contribution in [3.8, 4) is 0 Å². The maximum Gasteiger partial charge on any atom is 0.335 e. The number of nitrogens with one attached hydrogen (secondary N) is 1. The van der Waals surface area contributed by atoms with Crippen LogP contribution < -0.4 is 4.72 Å². The van der Waals surface area contributed by atoms with E-state index in [9.17, 15) is 13.6 Å². The van der Waals surface area contributed by atoms with E-state index in [0.717, 1.165) is 0 Å². The Morgan fingerprint density at radius 1 is 1.38 bits per heavy atom. The van der Waals surface area contributed by atoms with Gasteiger partial charge in [-0.1, -0.05) is 0 Å². The van der Waals surface area contributed by atoms with Crippen LogP contribution in [0.2, 0.25) is 0 Å². The molecule has 1 rings (SSSR count). The first-order valence-electron chi connectivity index (χ1n) is 3.29. The predicted molar refractivity (Wildman–Crippen MR) is 45.9 cm³/mol. The molecule has 1 unspecified atom stereocenters. The van der Waals surface area contributed by atoms with Crippen molar-refractivity contribution in [1.82, 2.24) is 0 Å². The van der Waals surface area contributed by atoms with Crippen LogP contribution >= 0.6 is 0 Å². The Morgan fingerprint density at radius 2 is 1.92 bits per heavy atom. The molecule has 0 saturated heterocycles. The van der Waals surface area contributed by atoms with E-state index in [1.54, 1.807) is 0 Å². The van der Waals surface area contributed by atoms with Crippen LogP contribution in [0, 0.1) is 0 Å². The summed E-state index contributed by atoms with van der Waals surface area (Å²) in [7, 11) is 0. The van der Waals surface area contributed by atoms with Gasteiger partial charge in [0.2, 0.25) is 0 Å². The third kappa shape index (κ3) is 2.85. The van der Waals surface area contributed by atoms with Crippen LogP contribution in [-0.2, 0) is 11.3 Å². The van der Waals surface area contributed by atoms with E-state index in [2.05, 4.69) is 4.72 Å². The third-order valence-corrected chi connectivity index (χ3v) is 1.74. The molecule has 0 aromatic heterocycles. The lowest BCUT2D eigenvalue weighted by molar-refractivity contribution is 0.0697.